The van der Waals surface area contributed by atoms with Gasteiger partial charge in [-0.2, -0.15) is 0 Å². The predicted octanol–water partition coefficient (Wildman–Crippen LogP) is 2.12. The molecule has 0 amide bonds. The molecule has 0 aliphatic rings. The van der Waals surface area contributed by atoms with E-state index in [9.17, 15) is 13.2 Å². The van der Waals surface area contributed by atoms with E-state index in [-0.39, 0.29) is 12.2 Å². The average molecular weight is 284 g/mol. The van der Waals surface area contributed by atoms with Crippen molar-refractivity contribution in [1.29, 1.82) is 0 Å². The molecule has 19 heavy (non-hydrogen) atoms. The third-order valence-corrected chi connectivity index (χ3v) is 5.22. The Morgan fingerprint density at radius 1 is 1.21 bits per heavy atom. The van der Waals surface area contributed by atoms with Crippen LogP contribution in [0.2, 0.25) is 0 Å². The van der Waals surface area contributed by atoms with Crippen LogP contribution in [-0.4, -0.2) is 26.7 Å². The van der Waals surface area contributed by atoms with E-state index in [0.29, 0.717) is 0 Å². The minimum absolute atomic E-state index is 0.0465. The van der Waals surface area contributed by atoms with Crippen LogP contribution in [0.5, 0.6) is 0 Å². The van der Waals surface area contributed by atoms with Gasteiger partial charge >= 0.3 is 5.97 Å². The molecule has 1 aromatic rings. The first-order chi connectivity index (χ1) is 8.89. The van der Waals surface area contributed by atoms with E-state index in [1.54, 1.807) is 0 Å². The van der Waals surface area contributed by atoms with E-state index in [0.717, 1.165) is 12.0 Å². The van der Waals surface area contributed by atoms with Gasteiger partial charge in [0.1, 0.15) is 0 Å². The molecule has 1 aromatic carbocycles. The van der Waals surface area contributed by atoms with Crippen LogP contribution in [0, 0.1) is 0 Å². The number of benzene rings is 1. The van der Waals surface area contributed by atoms with Gasteiger partial charge in [-0.1, -0.05) is 31.2 Å². The fraction of sp³-hybridized carbons (Fsp3) is 0.500. The van der Waals surface area contributed by atoms with Crippen molar-refractivity contribution in [2.75, 3.05) is 7.11 Å². The number of carbonyl (C=O) groups is 1. The molecule has 1 unspecified atom stereocenters. The van der Waals surface area contributed by atoms with Crippen LogP contribution >= 0.6 is 0 Å². The van der Waals surface area contributed by atoms with Gasteiger partial charge < -0.3 is 4.74 Å². The second-order valence-corrected chi connectivity index (χ2v) is 6.99. The van der Waals surface area contributed by atoms with E-state index >= 15 is 0 Å². The molecule has 0 radical (unpaired) electrons. The number of hydrogen-bond acceptors (Lipinski definition) is 4. The van der Waals surface area contributed by atoms with E-state index in [4.69, 9.17) is 0 Å². The average Bonchev–Trinajstić information content (AvgIpc) is 2.39. The summed E-state index contributed by atoms with van der Waals surface area (Å²) in [7, 11) is -2.08. The zero-order chi connectivity index (χ0) is 14.5. The van der Waals surface area contributed by atoms with Crippen LogP contribution in [0.25, 0.3) is 0 Å². The van der Waals surface area contributed by atoms with Gasteiger partial charge in [0.15, 0.2) is 9.84 Å². The van der Waals surface area contributed by atoms with E-state index in [2.05, 4.69) is 4.74 Å². The first-order valence-electron chi connectivity index (χ1n) is 6.25. The number of esters is 1. The van der Waals surface area contributed by atoms with Crippen molar-refractivity contribution < 1.29 is 17.9 Å². The highest BCUT2D eigenvalue weighted by Gasteiger charge is 2.24. The second kappa shape index (κ2) is 6.70. The van der Waals surface area contributed by atoms with Crippen molar-refractivity contribution in [3.05, 3.63) is 35.4 Å². The topological polar surface area (TPSA) is 60.4 Å². The Morgan fingerprint density at radius 2 is 1.74 bits per heavy atom. The molecule has 0 heterocycles. The molecule has 1 rings (SSSR count). The fourth-order valence-corrected chi connectivity index (χ4v) is 3.02. The first-order valence-corrected chi connectivity index (χ1v) is 7.96. The van der Waals surface area contributed by atoms with Gasteiger partial charge in [0.25, 0.3) is 0 Å². The molecule has 0 N–H and O–H groups in total. The van der Waals surface area contributed by atoms with Crippen molar-refractivity contribution in [2.24, 2.45) is 0 Å². The van der Waals surface area contributed by atoms with Gasteiger partial charge in [-0.25, -0.2) is 8.42 Å². The summed E-state index contributed by atoms with van der Waals surface area (Å²) in [5.74, 6) is -0.549. The number of methoxy groups -OCH3 is 1. The second-order valence-electron chi connectivity index (χ2n) is 4.57. The van der Waals surface area contributed by atoms with Gasteiger partial charge in [0, 0.05) is 0 Å². The lowest BCUT2D eigenvalue weighted by atomic mass is 10.1. The zero-order valence-corrected chi connectivity index (χ0v) is 12.4. The molecule has 0 fully saturated rings. The summed E-state index contributed by atoms with van der Waals surface area (Å²) in [4.78, 5) is 11.1. The maximum atomic E-state index is 12.1. The molecule has 0 saturated heterocycles. The molecular formula is C14H20O4S. The Bertz CT molecular complexity index is 517. The summed E-state index contributed by atoms with van der Waals surface area (Å²) < 4.78 is 28.7. The van der Waals surface area contributed by atoms with Crippen molar-refractivity contribution in [3.63, 3.8) is 0 Å². The van der Waals surface area contributed by atoms with Crippen molar-refractivity contribution in [2.45, 2.75) is 37.7 Å². The molecule has 0 aromatic heterocycles. The van der Waals surface area contributed by atoms with Gasteiger partial charge in [0.2, 0.25) is 0 Å². The number of sulfone groups is 1. The quantitative estimate of drug-likeness (QED) is 0.751. The lowest BCUT2D eigenvalue weighted by molar-refractivity contribution is -0.140. The number of carbonyl (C=O) groups excluding carboxylic acids is 1. The summed E-state index contributed by atoms with van der Waals surface area (Å²) in [5.41, 5.74) is 1.91. The van der Waals surface area contributed by atoms with Crippen LogP contribution in [0.4, 0.5) is 0 Å². The number of hydrogen-bond donors (Lipinski definition) is 0. The molecule has 0 saturated carbocycles. The molecule has 0 aliphatic carbocycles. The Hall–Kier alpha value is -1.36. The number of aryl methyl sites for hydroxylation is 1. The number of rotatable bonds is 6. The first kappa shape index (κ1) is 15.7. The SMILES string of the molecule is CCc1ccc(CS(=O)(=O)C(C)CC(=O)OC)cc1. The zero-order valence-electron chi connectivity index (χ0n) is 11.5. The monoisotopic (exact) mass is 284 g/mol. The predicted molar refractivity (Wildman–Crippen MR) is 74.5 cm³/mol. The third kappa shape index (κ3) is 4.67. The van der Waals surface area contributed by atoms with Crippen molar-refractivity contribution >= 4 is 15.8 Å². The van der Waals surface area contributed by atoms with E-state index < -0.39 is 21.1 Å². The van der Waals surface area contributed by atoms with Crippen LogP contribution in [0.1, 0.15) is 31.4 Å². The molecule has 5 heteroatoms. The van der Waals surface area contributed by atoms with Crippen LogP contribution in [0.3, 0.4) is 0 Å². The minimum Gasteiger partial charge on any atom is -0.469 e. The van der Waals surface area contributed by atoms with Crippen LogP contribution < -0.4 is 0 Å². The summed E-state index contributed by atoms with van der Waals surface area (Å²) >= 11 is 0. The van der Waals surface area contributed by atoms with Gasteiger partial charge in [-0.3, -0.25) is 4.79 Å². The molecule has 4 nitrogen and oxygen atoms in total. The Labute approximate surface area is 114 Å². The maximum Gasteiger partial charge on any atom is 0.306 e. The minimum atomic E-state index is -3.34. The maximum absolute atomic E-state index is 12.1. The molecule has 106 valence electrons. The van der Waals surface area contributed by atoms with Crippen LogP contribution in [-0.2, 0) is 31.5 Å². The molecule has 1 atom stereocenters. The van der Waals surface area contributed by atoms with Gasteiger partial charge in [0.05, 0.1) is 24.5 Å². The largest absolute Gasteiger partial charge is 0.469 e. The van der Waals surface area contributed by atoms with E-state index in [1.165, 1.54) is 19.6 Å². The molecule has 0 spiro atoms. The fourth-order valence-electron chi connectivity index (χ4n) is 1.69. The Kier molecular flexibility index (Phi) is 5.54. The standard InChI is InChI=1S/C14H20O4S/c1-4-12-5-7-13(8-6-12)10-19(16,17)11(2)9-14(15)18-3/h5-8,11H,4,9-10H2,1-3H3. The normalized spacial score (nSPS) is 13.0. The lowest BCUT2D eigenvalue weighted by Gasteiger charge is -2.12. The lowest BCUT2D eigenvalue weighted by Crippen LogP contribution is -2.23. The summed E-state index contributed by atoms with van der Waals surface area (Å²) in [6.07, 6.45) is 0.817. The van der Waals surface area contributed by atoms with Gasteiger partial charge in [-0.15, -0.1) is 0 Å². The van der Waals surface area contributed by atoms with Crippen molar-refractivity contribution in [3.8, 4) is 0 Å². The highest BCUT2D eigenvalue weighted by atomic mass is 32.2. The number of ether oxygens (including phenoxy) is 1. The summed E-state index contributed by atoms with van der Waals surface area (Å²) in [6.45, 7) is 3.58. The Balaban J connectivity index is 2.75. The molecular weight excluding hydrogens is 264 g/mol. The highest BCUT2D eigenvalue weighted by molar-refractivity contribution is 7.91. The van der Waals surface area contributed by atoms with Gasteiger partial charge in [-0.05, 0) is 24.5 Å². The van der Waals surface area contributed by atoms with Crippen molar-refractivity contribution in [1.82, 2.24) is 0 Å². The highest BCUT2D eigenvalue weighted by Crippen LogP contribution is 2.15. The summed E-state index contributed by atoms with van der Waals surface area (Å²) in [6, 6.07) is 7.49. The third-order valence-electron chi connectivity index (χ3n) is 3.09. The molecule has 0 bridgehead atoms. The molecule has 0 aliphatic heterocycles. The van der Waals surface area contributed by atoms with Crippen LogP contribution in [0.15, 0.2) is 24.3 Å². The Morgan fingerprint density at radius 3 is 2.21 bits per heavy atom. The summed E-state index contributed by atoms with van der Waals surface area (Å²) in [5, 5.41) is -0.731. The smallest absolute Gasteiger partial charge is 0.306 e. The van der Waals surface area contributed by atoms with E-state index in [1.807, 2.05) is 31.2 Å².